The van der Waals surface area contributed by atoms with E-state index in [9.17, 15) is 4.79 Å². The number of hydrogen-bond donors (Lipinski definition) is 1. The van der Waals surface area contributed by atoms with Gasteiger partial charge < -0.3 is 13.9 Å². The van der Waals surface area contributed by atoms with Gasteiger partial charge in [-0.2, -0.15) is 0 Å². The Bertz CT molecular complexity index is 1230. The second-order valence-corrected chi connectivity index (χ2v) is 7.07. The summed E-state index contributed by atoms with van der Waals surface area (Å²) >= 11 is 1.33. The van der Waals surface area contributed by atoms with E-state index in [1.165, 1.54) is 11.3 Å². The van der Waals surface area contributed by atoms with Gasteiger partial charge in [-0.15, -0.1) is 11.3 Å². The number of methoxy groups -OCH3 is 1. The molecule has 1 amide bonds. The molecule has 2 aromatic carbocycles. The van der Waals surface area contributed by atoms with Crippen molar-refractivity contribution in [1.82, 2.24) is 4.98 Å². The van der Waals surface area contributed by atoms with Crippen molar-refractivity contribution < 1.29 is 18.7 Å². The summed E-state index contributed by atoms with van der Waals surface area (Å²) in [7, 11) is 1.60. The number of hydrogen-bond acceptors (Lipinski definition) is 7. The monoisotopic (exact) mass is 421 g/mol. The van der Waals surface area contributed by atoms with Crippen molar-refractivity contribution >= 4 is 39.0 Å². The topological polar surface area (TPSA) is 86.0 Å². The Kier molecular flexibility index (Phi) is 5.76. The van der Waals surface area contributed by atoms with Crippen LogP contribution in [0.25, 0.3) is 11.0 Å². The van der Waals surface area contributed by atoms with Gasteiger partial charge in [0, 0.05) is 17.0 Å². The zero-order valence-electron chi connectivity index (χ0n) is 16.4. The first kappa shape index (κ1) is 19.7. The first-order chi connectivity index (χ1) is 14.7. The summed E-state index contributed by atoms with van der Waals surface area (Å²) in [4.78, 5) is 21.6. The molecule has 8 heteroatoms. The zero-order chi connectivity index (χ0) is 20.9. The SMILES string of the molecule is CCOc1cccc2cc(C(=O)Nc3nccs3)c(=Nc3ccc(OC)cc3)oc12. The van der Waals surface area contributed by atoms with Crippen LogP contribution in [-0.4, -0.2) is 24.6 Å². The van der Waals surface area contributed by atoms with E-state index in [-0.39, 0.29) is 11.5 Å². The van der Waals surface area contributed by atoms with Gasteiger partial charge in [0.1, 0.15) is 11.3 Å². The molecule has 0 saturated heterocycles. The summed E-state index contributed by atoms with van der Waals surface area (Å²) in [5, 5.41) is 5.81. The van der Waals surface area contributed by atoms with Gasteiger partial charge in [0.15, 0.2) is 16.5 Å². The van der Waals surface area contributed by atoms with E-state index in [0.717, 1.165) is 5.39 Å². The lowest BCUT2D eigenvalue weighted by Gasteiger charge is -2.09. The van der Waals surface area contributed by atoms with Gasteiger partial charge in [-0.3, -0.25) is 10.1 Å². The van der Waals surface area contributed by atoms with E-state index >= 15 is 0 Å². The fourth-order valence-electron chi connectivity index (χ4n) is 2.86. The number of rotatable bonds is 6. The second-order valence-electron chi connectivity index (χ2n) is 6.17. The lowest BCUT2D eigenvalue weighted by Crippen LogP contribution is -2.21. The molecule has 0 spiro atoms. The van der Waals surface area contributed by atoms with E-state index in [0.29, 0.717) is 40.1 Å². The van der Waals surface area contributed by atoms with Crippen molar-refractivity contribution in [2.75, 3.05) is 19.0 Å². The number of benzene rings is 2. The molecule has 0 saturated carbocycles. The molecular formula is C22H19N3O4S. The molecule has 7 nitrogen and oxygen atoms in total. The standard InChI is InChI=1S/C22H19N3O4S/c1-3-28-18-6-4-5-14-13-17(20(26)25-22-23-11-12-30-22)21(29-19(14)18)24-15-7-9-16(27-2)10-8-15/h4-13H,3H2,1-2H3,(H,23,25,26). The van der Waals surface area contributed by atoms with Crippen LogP contribution in [0, 0.1) is 0 Å². The number of para-hydroxylation sites is 1. The van der Waals surface area contributed by atoms with Crippen molar-refractivity contribution in [2.45, 2.75) is 6.92 Å². The Morgan fingerprint density at radius 2 is 2.07 bits per heavy atom. The molecule has 0 bridgehead atoms. The summed E-state index contributed by atoms with van der Waals surface area (Å²) in [5.74, 6) is 0.947. The summed E-state index contributed by atoms with van der Waals surface area (Å²) in [6.07, 6.45) is 1.63. The highest BCUT2D eigenvalue weighted by Gasteiger charge is 2.16. The largest absolute Gasteiger partial charge is 0.497 e. The molecule has 0 unspecified atom stereocenters. The van der Waals surface area contributed by atoms with Crippen LogP contribution >= 0.6 is 11.3 Å². The summed E-state index contributed by atoms with van der Waals surface area (Å²) in [5.41, 5.74) is 1.62. The third kappa shape index (κ3) is 4.18. The number of anilines is 1. The first-order valence-corrected chi connectivity index (χ1v) is 10.1. The highest BCUT2D eigenvalue weighted by Crippen LogP contribution is 2.26. The van der Waals surface area contributed by atoms with Crippen molar-refractivity contribution in [3.63, 3.8) is 0 Å². The fraction of sp³-hybridized carbons (Fsp3) is 0.136. The van der Waals surface area contributed by atoms with Crippen LogP contribution in [0.5, 0.6) is 11.5 Å². The Labute approximate surface area is 176 Å². The van der Waals surface area contributed by atoms with E-state index < -0.39 is 0 Å². The molecule has 0 aliphatic rings. The molecule has 0 aliphatic heterocycles. The molecule has 0 radical (unpaired) electrons. The van der Waals surface area contributed by atoms with Gasteiger partial charge in [-0.25, -0.2) is 9.98 Å². The Morgan fingerprint density at radius 3 is 2.77 bits per heavy atom. The van der Waals surface area contributed by atoms with Gasteiger partial charge >= 0.3 is 0 Å². The minimum Gasteiger partial charge on any atom is -0.497 e. The van der Waals surface area contributed by atoms with E-state index in [1.807, 2.05) is 25.1 Å². The number of nitrogens with zero attached hydrogens (tertiary/aromatic N) is 2. The fourth-order valence-corrected chi connectivity index (χ4v) is 3.39. The molecule has 0 aliphatic carbocycles. The van der Waals surface area contributed by atoms with Crippen LogP contribution in [0.15, 0.2) is 69.5 Å². The predicted molar refractivity (Wildman–Crippen MR) is 116 cm³/mol. The Balaban J connectivity index is 1.87. The maximum Gasteiger partial charge on any atom is 0.262 e. The maximum absolute atomic E-state index is 13.0. The van der Waals surface area contributed by atoms with Gasteiger partial charge in [0.05, 0.1) is 19.4 Å². The minimum absolute atomic E-state index is 0.175. The third-order valence-electron chi connectivity index (χ3n) is 4.24. The van der Waals surface area contributed by atoms with Crippen LogP contribution in [0.4, 0.5) is 10.8 Å². The highest BCUT2D eigenvalue weighted by molar-refractivity contribution is 7.13. The molecule has 0 fully saturated rings. The van der Waals surface area contributed by atoms with Crippen LogP contribution in [0.1, 0.15) is 17.3 Å². The molecule has 2 aromatic heterocycles. The number of thiazole rings is 1. The number of ether oxygens (including phenoxy) is 2. The summed E-state index contributed by atoms with van der Waals surface area (Å²) < 4.78 is 16.9. The van der Waals surface area contributed by atoms with Gasteiger partial charge in [0.25, 0.3) is 5.91 Å². The Morgan fingerprint density at radius 1 is 1.23 bits per heavy atom. The summed E-state index contributed by atoms with van der Waals surface area (Å²) in [6.45, 7) is 2.39. The lowest BCUT2D eigenvalue weighted by molar-refractivity contribution is 0.102. The third-order valence-corrected chi connectivity index (χ3v) is 4.93. The van der Waals surface area contributed by atoms with Crippen LogP contribution in [0.2, 0.25) is 0 Å². The zero-order valence-corrected chi connectivity index (χ0v) is 17.2. The van der Waals surface area contributed by atoms with Crippen molar-refractivity contribution in [2.24, 2.45) is 4.99 Å². The van der Waals surface area contributed by atoms with E-state index in [1.54, 1.807) is 49.0 Å². The smallest absolute Gasteiger partial charge is 0.262 e. The predicted octanol–water partition coefficient (Wildman–Crippen LogP) is 4.78. The molecular weight excluding hydrogens is 402 g/mol. The average Bonchev–Trinajstić information content (AvgIpc) is 3.27. The van der Waals surface area contributed by atoms with E-state index in [4.69, 9.17) is 13.9 Å². The van der Waals surface area contributed by atoms with Crippen molar-refractivity contribution in [1.29, 1.82) is 0 Å². The number of aromatic nitrogens is 1. The average molecular weight is 421 g/mol. The van der Waals surface area contributed by atoms with Gasteiger partial charge in [-0.1, -0.05) is 12.1 Å². The van der Waals surface area contributed by atoms with Crippen LogP contribution < -0.4 is 20.3 Å². The quantitative estimate of drug-likeness (QED) is 0.484. The van der Waals surface area contributed by atoms with Crippen LogP contribution in [-0.2, 0) is 0 Å². The van der Waals surface area contributed by atoms with Gasteiger partial charge in [-0.05, 0) is 43.3 Å². The first-order valence-electron chi connectivity index (χ1n) is 9.27. The molecule has 4 rings (SSSR count). The normalized spacial score (nSPS) is 11.5. The molecule has 4 aromatic rings. The van der Waals surface area contributed by atoms with Gasteiger partial charge in [0.2, 0.25) is 5.55 Å². The molecule has 30 heavy (non-hydrogen) atoms. The Hall–Kier alpha value is -3.65. The number of amides is 1. The maximum atomic E-state index is 13.0. The summed E-state index contributed by atoms with van der Waals surface area (Å²) in [6, 6.07) is 14.4. The van der Waals surface area contributed by atoms with Crippen molar-refractivity contribution in [3.05, 3.63) is 71.2 Å². The number of carbonyl (C=O) groups excluding carboxylic acids is 1. The minimum atomic E-state index is -0.357. The lowest BCUT2D eigenvalue weighted by atomic mass is 10.1. The number of carbonyl (C=O) groups is 1. The highest BCUT2D eigenvalue weighted by atomic mass is 32.1. The molecule has 2 heterocycles. The molecule has 0 atom stereocenters. The van der Waals surface area contributed by atoms with Crippen LogP contribution in [0.3, 0.4) is 0 Å². The number of fused-ring (bicyclic) bond motifs is 1. The second kappa shape index (κ2) is 8.79. The molecule has 152 valence electrons. The number of nitrogens with one attached hydrogen (secondary N) is 1. The van der Waals surface area contributed by atoms with E-state index in [2.05, 4.69) is 15.3 Å². The molecule has 1 N–H and O–H groups in total. The van der Waals surface area contributed by atoms with Crippen molar-refractivity contribution in [3.8, 4) is 11.5 Å².